The molecule has 86 heavy (non-hydrogen) atoms. The van der Waals surface area contributed by atoms with Gasteiger partial charge in [-0.2, -0.15) is 60.3 Å². The van der Waals surface area contributed by atoms with Crippen molar-refractivity contribution in [2.45, 2.75) is 346 Å². The summed E-state index contributed by atoms with van der Waals surface area (Å²) in [6.45, 7) is 50.3. The number of rotatable bonds is 15. The SMILES string of the molecule is CC1(C)CC(Nc2nc(NCCNc3nc(NC4CC(C)(C)N(O)C(C)(C)C4)nc(N(C4CC(C)(C)N(O)C(C)(C)C4)C4CC(C)(C)N(O)C(C)(C)C4)n3)nc(N(C3CC(C)(C)N(O)C(C)(C)C3)C3CC(C)(C)N(O)C(C)(C)C3)n2)CC(C)(C)N1O. The van der Waals surface area contributed by atoms with Crippen molar-refractivity contribution in [3.63, 3.8) is 0 Å². The van der Waals surface area contributed by atoms with Crippen molar-refractivity contribution in [1.82, 2.24) is 60.3 Å². The van der Waals surface area contributed by atoms with Gasteiger partial charge in [0.1, 0.15) is 0 Å². The van der Waals surface area contributed by atoms with Gasteiger partial charge in [-0.1, -0.05) is 0 Å². The van der Waals surface area contributed by atoms with Crippen molar-refractivity contribution in [2.24, 2.45) is 0 Å². The average Bonchev–Trinajstić information content (AvgIpc) is 0.789. The summed E-state index contributed by atoms with van der Waals surface area (Å²) >= 11 is 0. The van der Waals surface area contributed by atoms with Crippen molar-refractivity contribution in [1.29, 1.82) is 0 Å². The number of aromatic nitrogens is 6. The largest absolute Gasteiger partial charge is 0.352 e. The fraction of sp³-hybridized carbons (Fsp3) is 0.903. The summed E-state index contributed by atoms with van der Waals surface area (Å²) in [5.41, 5.74) is -6.92. The highest BCUT2D eigenvalue weighted by Gasteiger charge is 2.56. The number of piperidine rings is 6. The minimum absolute atomic E-state index is 0.0944. The second-order valence-corrected chi connectivity index (χ2v) is 34.6. The van der Waals surface area contributed by atoms with Gasteiger partial charge in [-0.15, -0.1) is 0 Å². The fourth-order valence-corrected chi connectivity index (χ4v) is 17.6. The predicted molar refractivity (Wildman–Crippen MR) is 338 cm³/mol. The molecular weight excluding hydrogens is 1090 g/mol. The second-order valence-electron chi connectivity index (χ2n) is 34.6. The van der Waals surface area contributed by atoms with Gasteiger partial charge < -0.3 is 62.3 Å². The van der Waals surface area contributed by atoms with Gasteiger partial charge in [0, 0.05) is 116 Å². The Kier molecular flexibility index (Phi) is 18.0. The summed E-state index contributed by atoms with van der Waals surface area (Å²) in [7, 11) is 0. The van der Waals surface area contributed by atoms with E-state index in [2.05, 4.69) is 142 Å². The van der Waals surface area contributed by atoms with Crippen LogP contribution in [0.25, 0.3) is 0 Å². The van der Waals surface area contributed by atoms with E-state index in [4.69, 9.17) is 29.9 Å². The lowest BCUT2D eigenvalue weighted by Gasteiger charge is -2.58. The Hall–Kier alpha value is -3.66. The molecule has 24 nitrogen and oxygen atoms in total. The molecule has 24 heteroatoms. The van der Waals surface area contributed by atoms with E-state index in [0.717, 1.165) is 0 Å². The number of hydrogen-bond acceptors (Lipinski definition) is 24. The highest BCUT2D eigenvalue weighted by Crippen LogP contribution is 2.49. The van der Waals surface area contributed by atoms with Crippen LogP contribution in [0.3, 0.4) is 0 Å². The zero-order valence-corrected chi connectivity index (χ0v) is 57.3. The van der Waals surface area contributed by atoms with E-state index < -0.39 is 66.5 Å². The van der Waals surface area contributed by atoms with Crippen LogP contribution in [0.4, 0.5) is 35.7 Å². The smallest absolute Gasteiger partial charge is 0.232 e. The van der Waals surface area contributed by atoms with Crippen LogP contribution in [0, 0.1) is 0 Å². The van der Waals surface area contributed by atoms with Crippen LogP contribution in [0.2, 0.25) is 0 Å². The summed E-state index contributed by atoms with van der Waals surface area (Å²) in [6.07, 6.45) is 7.48. The Labute approximate surface area is 515 Å². The standard InChI is InChI=1S/C62H116N18O6/c1-51(2)27-39(28-52(3,4)75(51)81)65-47-67-45(69-49(71-47)73(41-31-55(9,10)77(83)56(11,12)32-41)42-33-57(13,14)78(84)58(15,16)34-42)63-25-26-64-46-68-48(66-40-29-53(5,6)76(82)54(7,8)30-40)72-50(70-46)74(43-35-59(17,18)79(85)60(19,20)36-43)44-37-61(21,22)80(86)62(23,24)38-44/h39-44,81-86H,25-38H2,1-24H3,(H2,63,65,67,69,71)(H2,64,66,68,70,72). The first-order valence-electron chi connectivity index (χ1n) is 32.0. The molecule has 490 valence electrons. The van der Waals surface area contributed by atoms with Crippen molar-refractivity contribution in [3.8, 4) is 0 Å². The van der Waals surface area contributed by atoms with Crippen LogP contribution in [-0.4, -0.2) is 207 Å². The minimum atomic E-state index is -0.594. The molecule has 0 amide bonds. The maximum atomic E-state index is 11.7. The van der Waals surface area contributed by atoms with Gasteiger partial charge >= 0.3 is 0 Å². The molecule has 10 N–H and O–H groups in total. The summed E-state index contributed by atoms with van der Waals surface area (Å²) in [6, 6.07) is -0.630. The summed E-state index contributed by atoms with van der Waals surface area (Å²) in [5.74, 6) is 2.53. The van der Waals surface area contributed by atoms with Gasteiger partial charge in [0.05, 0.1) is 0 Å². The summed E-state index contributed by atoms with van der Waals surface area (Å²) in [4.78, 5) is 36.3. The van der Waals surface area contributed by atoms with Gasteiger partial charge in [0.25, 0.3) is 0 Å². The van der Waals surface area contributed by atoms with E-state index >= 15 is 0 Å². The first kappa shape index (κ1) is 68.3. The normalized spacial score (nSPS) is 28.2. The maximum absolute atomic E-state index is 11.7. The lowest BCUT2D eigenvalue weighted by molar-refractivity contribution is -0.251. The van der Waals surface area contributed by atoms with Crippen LogP contribution in [0.5, 0.6) is 0 Å². The van der Waals surface area contributed by atoms with Gasteiger partial charge in [-0.3, -0.25) is 0 Å². The molecule has 8 rings (SSSR count). The first-order chi connectivity index (χ1) is 38.9. The number of nitrogens with one attached hydrogen (secondary N) is 4. The molecular formula is C62H116N18O6. The Morgan fingerprint density at radius 2 is 0.465 bits per heavy atom. The van der Waals surface area contributed by atoms with Crippen molar-refractivity contribution in [2.75, 3.05) is 44.2 Å². The molecule has 6 saturated heterocycles. The molecule has 0 bridgehead atoms. The topological polar surface area (TPSA) is 273 Å². The van der Waals surface area contributed by atoms with Crippen LogP contribution in [-0.2, 0) is 0 Å². The highest BCUT2D eigenvalue weighted by atomic mass is 16.5. The van der Waals surface area contributed by atoms with Crippen LogP contribution in [0.1, 0.15) is 243 Å². The van der Waals surface area contributed by atoms with Crippen LogP contribution in [0.15, 0.2) is 0 Å². The third-order valence-electron chi connectivity index (χ3n) is 20.4. The van der Waals surface area contributed by atoms with E-state index in [9.17, 15) is 31.2 Å². The number of hydrogen-bond donors (Lipinski definition) is 10. The van der Waals surface area contributed by atoms with E-state index in [-0.39, 0.29) is 36.3 Å². The highest BCUT2D eigenvalue weighted by molar-refractivity contribution is 5.49. The molecule has 8 heterocycles. The van der Waals surface area contributed by atoms with Gasteiger partial charge in [-0.25, -0.2) is 0 Å². The monoisotopic (exact) mass is 1210 g/mol. The Bertz CT molecular complexity index is 2360. The maximum Gasteiger partial charge on any atom is 0.232 e. The van der Waals surface area contributed by atoms with Gasteiger partial charge in [0.15, 0.2) is 0 Å². The lowest BCUT2D eigenvalue weighted by Crippen LogP contribution is -2.68. The molecule has 0 unspecified atom stereocenters. The van der Waals surface area contributed by atoms with Gasteiger partial charge in [0.2, 0.25) is 35.7 Å². The molecule has 0 atom stereocenters. The van der Waals surface area contributed by atoms with E-state index in [0.29, 0.717) is 126 Å². The predicted octanol–water partition coefficient (Wildman–Crippen LogP) is 10.5. The Morgan fingerprint density at radius 3 is 0.663 bits per heavy atom. The Balaban J connectivity index is 1.19. The quantitative estimate of drug-likeness (QED) is 0.0743. The Morgan fingerprint density at radius 1 is 0.291 bits per heavy atom. The number of hydroxylamine groups is 12. The second kappa shape index (κ2) is 22.6. The third-order valence-corrected chi connectivity index (χ3v) is 20.4. The minimum Gasteiger partial charge on any atom is -0.352 e. The first-order valence-corrected chi connectivity index (χ1v) is 32.0. The molecule has 6 aliphatic rings. The van der Waals surface area contributed by atoms with Crippen molar-refractivity contribution < 1.29 is 31.2 Å². The molecule has 0 radical (unpaired) electrons. The van der Waals surface area contributed by atoms with E-state index in [1.807, 2.05) is 55.4 Å². The number of nitrogens with zero attached hydrogens (tertiary/aromatic N) is 14. The molecule has 0 aromatic carbocycles. The molecule has 0 aliphatic carbocycles. The van der Waals surface area contributed by atoms with Crippen LogP contribution < -0.4 is 31.1 Å². The summed E-state index contributed by atoms with van der Waals surface area (Å²) < 4.78 is 0. The third kappa shape index (κ3) is 13.8. The molecule has 2 aromatic heterocycles. The fourth-order valence-electron chi connectivity index (χ4n) is 17.6. The molecule has 6 aliphatic heterocycles. The zero-order valence-electron chi connectivity index (χ0n) is 57.3. The average molecular weight is 1210 g/mol. The van der Waals surface area contributed by atoms with E-state index in [1.165, 1.54) is 30.4 Å². The molecule has 0 spiro atoms. The lowest BCUT2D eigenvalue weighted by atomic mass is 9.74. The molecule has 6 fully saturated rings. The van der Waals surface area contributed by atoms with Gasteiger partial charge in [-0.05, 0) is 243 Å². The molecule has 2 aromatic rings. The van der Waals surface area contributed by atoms with Crippen LogP contribution >= 0.6 is 0 Å². The van der Waals surface area contributed by atoms with Crippen molar-refractivity contribution in [3.05, 3.63) is 0 Å². The molecule has 0 saturated carbocycles. The number of anilines is 6. The van der Waals surface area contributed by atoms with Crippen molar-refractivity contribution >= 4 is 35.7 Å². The van der Waals surface area contributed by atoms with E-state index in [1.54, 1.807) is 0 Å². The zero-order chi connectivity index (χ0) is 64.5. The summed E-state index contributed by atoms with van der Waals surface area (Å²) in [5, 5.41) is 92.9.